The van der Waals surface area contributed by atoms with Crippen LogP contribution in [0.5, 0.6) is 0 Å². The maximum absolute atomic E-state index is 13.3. The van der Waals surface area contributed by atoms with Crippen LogP contribution >= 0.6 is 23.2 Å². The summed E-state index contributed by atoms with van der Waals surface area (Å²) in [6.07, 6.45) is 23.6. The van der Waals surface area contributed by atoms with Crippen molar-refractivity contribution < 1.29 is 33.1 Å². The third kappa shape index (κ3) is 14.8. The van der Waals surface area contributed by atoms with Gasteiger partial charge in [0.1, 0.15) is 11.6 Å². The number of carbonyl (C=O) groups excluding carboxylic acids is 3. The molecule has 10 rings (SSSR count). The number of nitrogens with zero attached hydrogens (tertiary/aromatic N) is 5. The molecule has 2 unspecified atom stereocenters. The Morgan fingerprint density at radius 2 is 1.07 bits per heavy atom. The van der Waals surface area contributed by atoms with E-state index in [2.05, 4.69) is 46.5 Å². The van der Waals surface area contributed by atoms with Gasteiger partial charge < -0.3 is 36.6 Å². The van der Waals surface area contributed by atoms with Crippen molar-refractivity contribution >= 4 is 81.8 Å². The zero-order valence-corrected chi connectivity index (χ0v) is 42.7. The number of benzene rings is 4. The minimum absolute atomic E-state index is 0.0579. The van der Waals surface area contributed by atoms with Gasteiger partial charge in [-0.15, -0.1) is 0 Å². The van der Waals surface area contributed by atoms with Crippen LogP contribution in [-0.2, 0) is 19.2 Å². The fourth-order valence-corrected chi connectivity index (χ4v) is 10.6. The molecule has 3 amide bonds. The number of rotatable bonds is 12. The van der Waals surface area contributed by atoms with Gasteiger partial charge in [0.2, 0.25) is 17.7 Å². The summed E-state index contributed by atoms with van der Waals surface area (Å²) in [7, 11) is 0. The number of fused-ring (bicyclic) bond motifs is 4. The fraction of sp³-hybridized carbons (Fsp3) is 0.286. The highest BCUT2D eigenvalue weighted by atomic mass is 35.5. The van der Waals surface area contributed by atoms with Crippen LogP contribution in [0, 0.1) is 11.6 Å². The number of nitrogens with one attached hydrogen (secondary N) is 5. The molecule has 4 saturated heterocycles. The molecule has 0 radical (unpaired) electrons. The molecule has 6 aromatic rings. The molecule has 75 heavy (non-hydrogen) atoms. The molecule has 388 valence electrons. The molecule has 0 aliphatic carbocycles. The Labute approximate surface area is 443 Å². The first-order valence-corrected chi connectivity index (χ1v) is 25.4. The second kappa shape index (κ2) is 25.1. The van der Waals surface area contributed by atoms with E-state index in [0.29, 0.717) is 73.2 Å². The zero-order chi connectivity index (χ0) is 53.0. The molecule has 4 aromatic carbocycles. The lowest BCUT2D eigenvalue weighted by Crippen LogP contribution is -2.49. The molecule has 15 nitrogen and oxygen atoms in total. The third-order valence-electron chi connectivity index (χ3n) is 13.3. The Hall–Kier alpha value is -7.60. The van der Waals surface area contributed by atoms with Gasteiger partial charge in [0.25, 0.3) is 0 Å². The van der Waals surface area contributed by atoms with Gasteiger partial charge in [-0.25, -0.2) is 13.6 Å². The summed E-state index contributed by atoms with van der Waals surface area (Å²) in [6.45, 7) is 2.78. The number of carbonyl (C=O) groups is 4. The van der Waals surface area contributed by atoms with Crippen molar-refractivity contribution in [3.8, 4) is 22.5 Å². The summed E-state index contributed by atoms with van der Waals surface area (Å²) in [6, 6.07) is 22.1. The van der Waals surface area contributed by atoms with Crippen LogP contribution < -0.4 is 26.6 Å². The lowest BCUT2D eigenvalue weighted by molar-refractivity contribution is -0.131. The number of piperidine rings is 2. The highest BCUT2D eigenvalue weighted by Gasteiger charge is 2.42. The Morgan fingerprint density at radius 1 is 0.627 bits per heavy atom. The minimum atomic E-state index is -1.09. The van der Waals surface area contributed by atoms with Crippen LogP contribution in [0.4, 0.5) is 31.5 Å². The first-order chi connectivity index (χ1) is 36.1. The molecule has 19 heteroatoms. The van der Waals surface area contributed by atoms with Gasteiger partial charge in [-0.3, -0.25) is 34.3 Å². The van der Waals surface area contributed by atoms with Crippen LogP contribution in [0.15, 0.2) is 122 Å². The number of hydrogen-bond acceptors (Lipinski definition) is 11. The molecular weight excluding hydrogens is 1000 g/mol. The van der Waals surface area contributed by atoms with E-state index in [1.807, 2.05) is 17.0 Å². The average Bonchev–Trinajstić information content (AvgIpc) is 3.87. The van der Waals surface area contributed by atoms with Crippen LogP contribution in [0.3, 0.4) is 0 Å². The predicted molar refractivity (Wildman–Crippen MR) is 289 cm³/mol. The molecule has 0 saturated carbocycles. The van der Waals surface area contributed by atoms with E-state index in [0.717, 1.165) is 43.1 Å². The van der Waals surface area contributed by atoms with E-state index in [4.69, 9.17) is 28.3 Å². The molecule has 6 atom stereocenters. The van der Waals surface area contributed by atoms with Crippen molar-refractivity contribution in [3.05, 3.63) is 155 Å². The Kier molecular flexibility index (Phi) is 18.0. The number of halogens is 4. The first-order valence-electron chi connectivity index (χ1n) is 24.6. The lowest BCUT2D eigenvalue weighted by atomic mass is 9.96. The van der Waals surface area contributed by atoms with Crippen LogP contribution in [-0.4, -0.2) is 89.9 Å². The second-order valence-electron chi connectivity index (χ2n) is 18.8. The molecule has 4 aliphatic rings. The third-order valence-corrected chi connectivity index (χ3v) is 13.9. The Bertz CT molecular complexity index is 3020. The van der Waals surface area contributed by atoms with Crippen LogP contribution in [0.2, 0.25) is 10.0 Å². The molecular formula is C56H56Cl2F2N10O5. The fourth-order valence-electron chi connectivity index (χ4n) is 10.1. The van der Waals surface area contributed by atoms with E-state index in [-0.39, 0.29) is 47.5 Å². The minimum Gasteiger partial charge on any atom is -0.478 e. The van der Waals surface area contributed by atoms with Crippen LogP contribution in [0.25, 0.3) is 34.7 Å². The van der Waals surface area contributed by atoms with Gasteiger partial charge in [0.05, 0.1) is 33.8 Å². The van der Waals surface area contributed by atoms with E-state index in [9.17, 15) is 28.0 Å². The van der Waals surface area contributed by atoms with E-state index < -0.39 is 5.97 Å². The number of aromatic nitrogens is 4. The molecule has 6 heterocycles. The number of carboxylic acid groups (broad SMARTS) is 1. The van der Waals surface area contributed by atoms with Crippen molar-refractivity contribution in [2.75, 3.05) is 21.3 Å². The quantitative estimate of drug-likeness (QED) is 0.0634. The van der Waals surface area contributed by atoms with E-state index in [1.165, 1.54) is 82.3 Å². The second-order valence-corrected chi connectivity index (χ2v) is 19.6. The summed E-state index contributed by atoms with van der Waals surface area (Å²) in [5, 5.41) is 25.6. The van der Waals surface area contributed by atoms with Gasteiger partial charge in [-0.2, -0.15) is 0 Å². The summed E-state index contributed by atoms with van der Waals surface area (Å²) < 4.78 is 26.0. The maximum atomic E-state index is 13.3. The summed E-state index contributed by atoms with van der Waals surface area (Å²) in [5.41, 5.74) is 6.39. The van der Waals surface area contributed by atoms with Crippen LogP contribution in [0.1, 0.15) is 76.3 Å². The van der Waals surface area contributed by atoms with Crippen molar-refractivity contribution in [2.45, 2.75) is 101 Å². The van der Waals surface area contributed by atoms with Gasteiger partial charge in [0.15, 0.2) is 0 Å². The smallest absolute Gasteiger partial charge is 0.328 e. The number of hydrogen-bond donors (Lipinski definition) is 6. The molecule has 4 aliphatic heterocycles. The van der Waals surface area contributed by atoms with Crippen molar-refractivity contribution in [1.29, 1.82) is 0 Å². The predicted octanol–water partition coefficient (Wildman–Crippen LogP) is 10.9. The summed E-state index contributed by atoms with van der Waals surface area (Å²) >= 11 is 12.7. The molecule has 4 bridgehead atoms. The average molecular weight is 1060 g/mol. The van der Waals surface area contributed by atoms with Crippen molar-refractivity contribution in [1.82, 2.24) is 30.2 Å². The topological polar surface area (TPSA) is 203 Å². The first kappa shape index (κ1) is 53.7. The Morgan fingerprint density at radius 3 is 1.48 bits per heavy atom. The number of amides is 3. The molecule has 2 aromatic heterocycles. The van der Waals surface area contributed by atoms with Gasteiger partial charge in [0, 0.05) is 121 Å². The summed E-state index contributed by atoms with van der Waals surface area (Å²) in [5.74, 6) is -2.10. The van der Waals surface area contributed by atoms with Gasteiger partial charge in [-0.05, 0) is 147 Å². The normalized spacial score (nSPS) is 20.3. The molecule has 4 fully saturated rings. The van der Waals surface area contributed by atoms with Gasteiger partial charge in [-0.1, -0.05) is 23.2 Å². The Balaban J connectivity index is 0.000000166. The zero-order valence-electron chi connectivity index (χ0n) is 41.2. The van der Waals surface area contributed by atoms with E-state index >= 15 is 0 Å². The van der Waals surface area contributed by atoms with E-state index in [1.54, 1.807) is 73.3 Å². The number of anilines is 4. The summed E-state index contributed by atoms with van der Waals surface area (Å²) in [4.78, 5) is 65.6. The maximum Gasteiger partial charge on any atom is 0.328 e. The van der Waals surface area contributed by atoms with Crippen molar-refractivity contribution in [3.63, 3.8) is 0 Å². The monoisotopic (exact) mass is 1060 g/mol. The molecule has 6 N–H and O–H groups in total. The lowest BCUT2D eigenvalue weighted by Gasteiger charge is -2.39. The van der Waals surface area contributed by atoms with Gasteiger partial charge >= 0.3 is 5.97 Å². The standard InChI is InChI=1S/C28H27ClFN5O2.C15H12ClN3O3.C13H17FN2/c1-17(36)33-26-15-25(29)24(27-16-31-10-11-32-27)12-18(26)2-9-28(37)35-22-7-8-23(35)14-21(13-22)34-20-5-3-19(30)4-6-20;1-9(20)19-13-7-12(16)11(14-8-17-4-5-18-14)6-10(13)2-3-15(21)22;14-9-1-3-10(4-2-9)15-13-7-11-5-6-12(8-13)16-11/h2-6,9-12,15-16,21-23,34H,7-8,13-14H2,1H3,(H,33,36);2-8H,1H3,(H,19,20)(H,21,22);1-4,11-13,15-16H,5-8H2/b9-2+;3-2+;/t21?,22-,23+;;11-,12+,13?. The molecule has 0 spiro atoms. The SMILES string of the molecule is CC(=O)Nc1cc(Cl)c(-c2cnccn2)cc1/C=C/C(=O)N1[C@@H]2CC[C@H]1CC(Nc1ccc(F)cc1)C2.CC(=O)Nc1cc(Cl)c(-c2cnccn2)cc1/C=C/C(=O)O.Fc1ccc(NC2C[C@H]3CC[C@@H](C2)N3)cc1. The number of aliphatic carboxylic acids is 1. The largest absolute Gasteiger partial charge is 0.478 e. The highest BCUT2D eigenvalue weighted by Crippen LogP contribution is 2.39. The van der Waals surface area contributed by atoms with Crippen molar-refractivity contribution in [2.24, 2.45) is 0 Å². The number of carboxylic acids is 1. The highest BCUT2D eigenvalue weighted by molar-refractivity contribution is 6.34.